The van der Waals surface area contributed by atoms with Gasteiger partial charge in [0, 0.05) is 12.1 Å². The minimum absolute atomic E-state index is 0.252. The number of amides is 1. The van der Waals surface area contributed by atoms with Crippen LogP contribution in [0.5, 0.6) is 5.75 Å². The van der Waals surface area contributed by atoms with Crippen LogP contribution in [0.4, 0.5) is 0 Å². The Hall–Kier alpha value is -1.56. The highest BCUT2D eigenvalue weighted by Gasteiger charge is 2.35. The van der Waals surface area contributed by atoms with E-state index in [1.54, 1.807) is 25.3 Å². The normalized spacial score (nSPS) is 22.0. The van der Waals surface area contributed by atoms with Gasteiger partial charge in [-0.25, -0.2) is 4.79 Å². The summed E-state index contributed by atoms with van der Waals surface area (Å²) in [6.07, 6.45) is 1.32. The fourth-order valence-corrected chi connectivity index (χ4v) is 3.12. The number of hydrogen-bond acceptors (Lipinski definition) is 3. The molecule has 2 unspecified atom stereocenters. The van der Waals surface area contributed by atoms with E-state index in [0.29, 0.717) is 34.7 Å². The van der Waals surface area contributed by atoms with Crippen LogP contribution in [0.3, 0.4) is 0 Å². The molecule has 1 saturated heterocycles. The van der Waals surface area contributed by atoms with Crippen molar-refractivity contribution in [2.45, 2.75) is 25.8 Å². The number of rotatable bonds is 3. The molecule has 0 bridgehead atoms. The summed E-state index contributed by atoms with van der Waals surface area (Å²) in [5.41, 5.74) is 0.462. The number of carboxylic acid groups (broad SMARTS) is 1. The van der Waals surface area contributed by atoms with Crippen LogP contribution < -0.4 is 4.74 Å². The maximum absolute atomic E-state index is 12.6. The zero-order chi connectivity index (χ0) is 15.6. The Morgan fingerprint density at radius 2 is 2.14 bits per heavy atom. The standard InChI is InChI=1S/C15H18BrNO4/c1-9-5-6-17(12(7-9)15(19)20)14(18)10-3-4-13(21-2)11(16)8-10/h3-4,8-9,12H,5-7H2,1-2H3,(H,19,20). The van der Waals surface area contributed by atoms with Crippen LogP contribution in [0.2, 0.25) is 0 Å². The number of piperidine rings is 1. The molecule has 1 amide bonds. The predicted octanol–water partition coefficient (Wildman–Crippen LogP) is 2.78. The molecule has 0 radical (unpaired) electrons. The van der Waals surface area contributed by atoms with Crippen molar-refractivity contribution in [2.75, 3.05) is 13.7 Å². The Bertz CT molecular complexity index is 561. The molecule has 1 aliphatic heterocycles. The van der Waals surface area contributed by atoms with E-state index in [2.05, 4.69) is 15.9 Å². The van der Waals surface area contributed by atoms with E-state index in [9.17, 15) is 14.7 Å². The Balaban J connectivity index is 2.25. The van der Waals surface area contributed by atoms with Crippen molar-refractivity contribution in [1.29, 1.82) is 0 Å². The van der Waals surface area contributed by atoms with Gasteiger partial charge >= 0.3 is 5.97 Å². The van der Waals surface area contributed by atoms with E-state index in [0.717, 1.165) is 6.42 Å². The van der Waals surface area contributed by atoms with E-state index in [1.807, 2.05) is 6.92 Å². The van der Waals surface area contributed by atoms with E-state index < -0.39 is 12.0 Å². The van der Waals surface area contributed by atoms with Crippen molar-refractivity contribution in [3.8, 4) is 5.75 Å². The van der Waals surface area contributed by atoms with Gasteiger partial charge in [0.25, 0.3) is 5.91 Å². The number of carbonyl (C=O) groups is 2. The first-order valence-corrected chi connectivity index (χ1v) is 7.60. The van der Waals surface area contributed by atoms with Crippen LogP contribution in [0, 0.1) is 5.92 Å². The second kappa shape index (κ2) is 6.47. The van der Waals surface area contributed by atoms with Crippen LogP contribution in [-0.4, -0.2) is 41.6 Å². The molecule has 1 aliphatic rings. The summed E-state index contributed by atoms with van der Waals surface area (Å²) in [5, 5.41) is 9.34. The minimum Gasteiger partial charge on any atom is -0.496 e. The zero-order valence-electron chi connectivity index (χ0n) is 12.0. The third kappa shape index (κ3) is 3.37. The summed E-state index contributed by atoms with van der Waals surface area (Å²) in [4.78, 5) is 25.4. The summed E-state index contributed by atoms with van der Waals surface area (Å²) in [6, 6.07) is 4.27. The molecule has 0 aromatic heterocycles. The van der Waals surface area contributed by atoms with Gasteiger partial charge < -0.3 is 14.7 Å². The number of aliphatic carboxylic acids is 1. The lowest BCUT2D eigenvalue weighted by molar-refractivity contribution is -0.144. The number of carbonyl (C=O) groups excluding carboxylic acids is 1. The van der Waals surface area contributed by atoms with Gasteiger partial charge in [-0.2, -0.15) is 0 Å². The number of halogens is 1. The van der Waals surface area contributed by atoms with Crippen LogP contribution in [-0.2, 0) is 4.79 Å². The minimum atomic E-state index is -0.942. The van der Waals surface area contributed by atoms with E-state index in [-0.39, 0.29) is 5.91 Å². The monoisotopic (exact) mass is 355 g/mol. The Labute approximate surface area is 132 Å². The Morgan fingerprint density at radius 3 is 2.71 bits per heavy atom. The van der Waals surface area contributed by atoms with Gasteiger partial charge in [0.1, 0.15) is 11.8 Å². The third-order valence-electron chi connectivity index (χ3n) is 3.81. The lowest BCUT2D eigenvalue weighted by Crippen LogP contribution is -2.49. The Morgan fingerprint density at radius 1 is 1.43 bits per heavy atom. The van der Waals surface area contributed by atoms with Gasteiger partial charge in [-0.3, -0.25) is 4.79 Å². The molecule has 0 spiro atoms. The molecule has 1 N–H and O–H groups in total. The van der Waals surface area contributed by atoms with Crippen LogP contribution in [0.15, 0.2) is 22.7 Å². The maximum Gasteiger partial charge on any atom is 0.326 e. The summed E-state index contributed by atoms with van der Waals surface area (Å²) in [6.45, 7) is 2.49. The third-order valence-corrected chi connectivity index (χ3v) is 4.43. The lowest BCUT2D eigenvalue weighted by atomic mass is 9.92. The molecular formula is C15H18BrNO4. The smallest absolute Gasteiger partial charge is 0.326 e. The second-order valence-electron chi connectivity index (χ2n) is 5.33. The van der Waals surface area contributed by atoms with Crippen molar-refractivity contribution in [3.05, 3.63) is 28.2 Å². The molecule has 1 heterocycles. The zero-order valence-corrected chi connectivity index (χ0v) is 13.6. The van der Waals surface area contributed by atoms with Crippen LogP contribution >= 0.6 is 15.9 Å². The number of carboxylic acids is 1. The molecule has 1 aromatic rings. The predicted molar refractivity (Wildman–Crippen MR) is 81.6 cm³/mol. The Kier molecular flexibility index (Phi) is 4.88. The van der Waals surface area contributed by atoms with E-state index >= 15 is 0 Å². The quantitative estimate of drug-likeness (QED) is 0.905. The molecule has 5 nitrogen and oxygen atoms in total. The van der Waals surface area contributed by atoms with Crippen molar-refractivity contribution in [3.63, 3.8) is 0 Å². The first-order chi connectivity index (χ1) is 9.93. The molecule has 1 aromatic carbocycles. The van der Waals surface area contributed by atoms with Crippen molar-refractivity contribution < 1.29 is 19.4 Å². The van der Waals surface area contributed by atoms with E-state index in [1.165, 1.54) is 4.90 Å². The molecule has 1 fully saturated rings. The average Bonchev–Trinajstić information content (AvgIpc) is 2.46. The highest BCUT2D eigenvalue weighted by molar-refractivity contribution is 9.10. The highest BCUT2D eigenvalue weighted by atomic mass is 79.9. The first kappa shape index (κ1) is 15.8. The molecule has 0 aliphatic carbocycles. The van der Waals surface area contributed by atoms with Crippen molar-refractivity contribution in [1.82, 2.24) is 4.90 Å². The number of nitrogens with zero attached hydrogens (tertiary/aromatic N) is 1. The fraction of sp³-hybridized carbons (Fsp3) is 0.467. The van der Waals surface area contributed by atoms with E-state index in [4.69, 9.17) is 4.74 Å². The lowest BCUT2D eigenvalue weighted by Gasteiger charge is -2.36. The molecule has 0 saturated carbocycles. The maximum atomic E-state index is 12.6. The number of ether oxygens (including phenoxy) is 1. The summed E-state index contributed by atoms with van der Waals surface area (Å²) in [7, 11) is 1.55. The van der Waals surface area contributed by atoms with Gasteiger partial charge in [0.15, 0.2) is 0 Å². The fourth-order valence-electron chi connectivity index (χ4n) is 2.58. The van der Waals surface area contributed by atoms with Gasteiger partial charge in [0.05, 0.1) is 11.6 Å². The topological polar surface area (TPSA) is 66.8 Å². The molecule has 21 heavy (non-hydrogen) atoms. The molecule has 2 atom stereocenters. The van der Waals surface area contributed by atoms with Crippen molar-refractivity contribution >= 4 is 27.8 Å². The van der Waals surface area contributed by atoms with Gasteiger partial charge in [-0.1, -0.05) is 6.92 Å². The molecular weight excluding hydrogens is 338 g/mol. The summed E-state index contributed by atoms with van der Waals surface area (Å²) >= 11 is 3.34. The second-order valence-corrected chi connectivity index (χ2v) is 6.19. The van der Waals surface area contributed by atoms with Gasteiger partial charge in [0.2, 0.25) is 0 Å². The van der Waals surface area contributed by atoms with Gasteiger partial charge in [-0.05, 0) is 52.9 Å². The van der Waals surface area contributed by atoms with Crippen molar-refractivity contribution in [2.24, 2.45) is 5.92 Å². The number of likely N-dealkylation sites (tertiary alicyclic amines) is 1. The molecule has 114 valence electrons. The summed E-state index contributed by atoms with van der Waals surface area (Å²) < 4.78 is 5.81. The average molecular weight is 356 g/mol. The number of benzene rings is 1. The molecule has 2 rings (SSSR count). The summed E-state index contributed by atoms with van der Waals surface area (Å²) in [5.74, 6) is -0.244. The first-order valence-electron chi connectivity index (χ1n) is 6.81. The largest absolute Gasteiger partial charge is 0.496 e. The molecule has 6 heteroatoms. The van der Waals surface area contributed by atoms with Crippen LogP contribution in [0.1, 0.15) is 30.1 Å². The number of methoxy groups -OCH3 is 1. The SMILES string of the molecule is COc1ccc(C(=O)N2CCC(C)CC2C(=O)O)cc1Br. The highest BCUT2D eigenvalue weighted by Crippen LogP contribution is 2.28. The van der Waals surface area contributed by atoms with Gasteiger partial charge in [-0.15, -0.1) is 0 Å². The van der Waals surface area contributed by atoms with Crippen LogP contribution in [0.25, 0.3) is 0 Å². The number of hydrogen-bond donors (Lipinski definition) is 1.